The molecule has 4 rings (SSSR count). The number of ether oxygens (including phenoxy) is 3. The second kappa shape index (κ2) is 8.12. The van der Waals surface area contributed by atoms with E-state index in [9.17, 15) is 4.79 Å². The Labute approximate surface area is 171 Å². The molecule has 0 saturated heterocycles. The van der Waals surface area contributed by atoms with Gasteiger partial charge in [-0.05, 0) is 52.2 Å². The Hall–Kier alpha value is -2.70. The van der Waals surface area contributed by atoms with E-state index >= 15 is 0 Å². The number of halogens is 1. The summed E-state index contributed by atoms with van der Waals surface area (Å²) in [4.78, 5) is 13.1. The van der Waals surface area contributed by atoms with E-state index in [-0.39, 0.29) is 11.9 Å². The van der Waals surface area contributed by atoms with Crippen molar-refractivity contribution in [2.45, 2.75) is 6.04 Å². The maximum atomic E-state index is 13.1. The number of amides is 1. The maximum Gasteiger partial charge on any atom is 0.252 e. The summed E-state index contributed by atoms with van der Waals surface area (Å²) in [5.41, 5.74) is 2.39. The zero-order valence-corrected chi connectivity index (χ0v) is 16.7. The summed E-state index contributed by atoms with van der Waals surface area (Å²) in [5.74, 6) is 1.27. The van der Waals surface area contributed by atoms with E-state index < -0.39 is 0 Å². The first kappa shape index (κ1) is 18.7. The monoisotopic (exact) mass is 415 g/mol. The van der Waals surface area contributed by atoms with Gasteiger partial charge in [-0.25, -0.2) is 0 Å². The Morgan fingerprint density at radius 2 is 1.93 bits per heavy atom. The predicted molar refractivity (Wildman–Crippen MR) is 109 cm³/mol. The van der Waals surface area contributed by atoms with Crippen molar-refractivity contribution >= 4 is 28.8 Å². The highest BCUT2D eigenvalue weighted by Gasteiger charge is 2.23. The Kier molecular flexibility index (Phi) is 5.41. The van der Waals surface area contributed by atoms with Crippen molar-refractivity contribution in [3.8, 4) is 17.2 Å². The van der Waals surface area contributed by atoms with Crippen LogP contribution in [0.15, 0.2) is 53.2 Å². The molecule has 1 amide bonds. The molecular formula is C21H18ClNO4S. The summed E-state index contributed by atoms with van der Waals surface area (Å²) in [6, 6.07) is 12.5. The van der Waals surface area contributed by atoms with Crippen molar-refractivity contribution in [2.24, 2.45) is 0 Å². The predicted octanol–water partition coefficient (Wildman–Crippen LogP) is 4.70. The van der Waals surface area contributed by atoms with Crippen LogP contribution in [-0.2, 0) is 0 Å². The van der Waals surface area contributed by atoms with Crippen LogP contribution in [0.5, 0.6) is 17.2 Å². The van der Waals surface area contributed by atoms with Crippen molar-refractivity contribution in [3.05, 3.63) is 74.9 Å². The largest absolute Gasteiger partial charge is 0.493 e. The van der Waals surface area contributed by atoms with Crippen LogP contribution in [0.2, 0.25) is 5.02 Å². The molecule has 0 aliphatic carbocycles. The topological polar surface area (TPSA) is 56.8 Å². The number of hydrogen-bond acceptors (Lipinski definition) is 5. The van der Waals surface area contributed by atoms with Gasteiger partial charge in [0.25, 0.3) is 5.91 Å². The molecular weight excluding hydrogens is 398 g/mol. The molecule has 1 aliphatic rings. The van der Waals surface area contributed by atoms with Gasteiger partial charge < -0.3 is 19.5 Å². The molecule has 1 N–H and O–H groups in total. The molecule has 2 heterocycles. The molecule has 0 bridgehead atoms. The number of nitrogens with one attached hydrogen (secondary N) is 1. The highest BCUT2D eigenvalue weighted by atomic mass is 35.5. The normalized spacial score (nSPS) is 13.6. The number of carbonyl (C=O) groups is 1. The van der Waals surface area contributed by atoms with Crippen molar-refractivity contribution in [3.63, 3.8) is 0 Å². The van der Waals surface area contributed by atoms with Crippen LogP contribution in [0.4, 0.5) is 0 Å². The van der Waals surface area contributed by atoms with Gasteiger partial charge in [0.15, 0.2) is 11.5 Å². The van der Waals surface area contributed by atoms with Crippen molar-refractivity contribution in [2.75, 3.05) is 20.3 Å². The van der Waals surface area contributed by atoms with E-state index in [4.69, 9.17) is 25.8 Å². The summed E-state index contributed by atoms with van der Waals surface area (Å²) in [5, 5.41) is 7.75. The van der Waals surface area contributed by atoms with E-state index in [1.54, 1.807) is 23.5 Å². The second-order valence-corrected chi connectivity index (χ2v) is 7.43. The van der Waals surface area contributed by atoms with E-state index in [0.29, 0.717) is 41.0 Å². The molecule has 1 unspecified atom stereocenters. The zero-order chi connectivity index (χ0) is 19.5. The molecule has 144 valence electrons. The lowest BCUT2D eigenvalue weighted by molar-refractivity contribution is 0.0941. The molecule has 1 aromatic heterocycles. The van der Waals surface area contributed by atoms with Gasteiger partial charge in [-0.15, -0.1) is 0 Å². The third-order valence-corrected chi connectivity index (χ3v) is 5.40. The number of methoxy groups -OCH3 is 1. The van der Waals surface area contributed by atoms with Crippen LogP contribution in [0.25, 0.3) is 0 Å². The standard InChI is InChI=1S/C21H18ClNO4S/c1-25-17-10-15(11-18-20(17)27-8-7-26-18)21(24)23-19(14-6-9-28-12-14)13-2-4-16(22)5-3-13/h2-6,9-12,19H,7-8H2,1H3,(H,23,24). The van der Waals surface area contributed by atoms with Crippen LogP contribution in [-0.4, -0.2) is 26.2 Å². The van der Waals surface area contributed by atoms with Crippen molar-refractivity contribution in [1.29, 1.82) is 0 Å². The van der Waals surface area contributed by atoms with Gasteiger partial charge in [0.05, 0.1) is 13.2 Å². The zero-order valence-electron chi connectivity index (χ0n) is 15.1. The fourth-order valence-electron chi connectivity index (χ4n) is 3.07. The minimum Gasteiger partial charge on any atom is -0.493 e. The molecule has 7 heteroatoms. The lowest BCUT2D eigenvalue weighted by Gasteiger charge is -2.22. The van der Waals surface area contributed by atoms with Crippen LogP contribution in [0, 0.1) is 0 Å². The Balaban J connectivity index is 1.66. The number of rotatable bonds is 5. The van der Waals surface area contributed by atoms with Gasteiger partial charge in [-0.3, -0.25) is 4.79 Å². The van der Waals surface area contributed by atoms with Gasteiger partial charge in [-0.1, -0.05) is 23.7 Å². The number of hydrogen-bond donors (Lipinski definition) is 1. The second-order valence-electron chi connectivity index (χ2n) is 6.22. The molecule has 0 fully saturated rings. The molecule has 3 aromatic rings. The molecule has 0 radical (unpaired) electrons. The molecule has 0 spiro atoms. The molecule has 2 aromatic carbocycles. The maximum absolute atomic E-state index is 13.1. The van der Waals surface area contributed by atoms with Gasteiger partial charge in [-0.2, -0.15) is 11.3 Å². The van der Waals surface area contributed by atoms with Gasteiger partial charge >= 0.3 is 0 Å². The van der Waals surface area contributed by atoms with E-state index in [2.05, 4.69) is 5.32 Å². The highest BCUT2D eigenvalue weighted by molar-refractivity contribution is 7.08. The summed E-state index contributed by atoms with van der Waals surface area (Å²) in [7, 11) is 1.54. The van der Waals surface area contributed by atoms with Crippen LogP contribution >= 0.6 is 22.9 Å². The average Bonchev–Trinajstić information content (AvgIpc) is 3.26. The minimum atomic E-state index is -0.296. The third-order valence-electron chi connectivity index (χ3n) is 4.45. The fraction of sp³-hybridized carbons (Fsp3) is 0.190. The number of fused-ring (bicyclic) bond motifs is 1. The van der Waals surface area contributed by atoms with Crippen LogP contribution in [0.3, 0.4) is 0 Å². The van der Waals surface area contributed by atoms with E-state index in [1.165, 1.54) is 7.11 Å². The Morgan fingerprint density at radius 3 is 2.64 bits per heavy atom. The first-order chi connectivity index (χ1) is 13.7. The highest BCUT2D eigenvalue weighted by Crippen LogP contribution is 2.40. The van der Waals surface area contributed by atoms with E-state index in [0.717, 1.165) is 11.1 Å². The molecule has 1 atom stereocenters. The first-order valence-electron chi connectivity index (χ1n) is 8.72. The van der Waals surface area contributed by atoms with Crippen LogP contribution in [0.1, 0.15) is 27.5 Å². The number of carbonyl (C=O) groups excluding carboxylic acids is 1. The SMILES string of the molecule is COc1cc(C(=O)NC(c2ccc(Cl)cc2)c2ccsc2)cc2c1OCCO2. The summed E-state index contributed by atoms with van der Waals surface area (Å²) in [6.07, 6.45) is 0. The lowest BCUT2D eigenvalue weighted by Crippen LogP contribution is -2.29. The summed E-state index contributed by atoms with van der Waals surface area (Å²) in [6.45, 7) is 0.884. The van der Waals surface area contributed by atoms with Crippen LogP contribution < -0.4 is 19.5 Å². The van der Waals surface area contributed by atoms with Gasteiger partial charge in [0.1, 0.15) is 13.2 Å². The number of thiophene rings is 1. The Morgan fingerprint density at radius 1 is 1.14 bits per heavy atom. The lowest BCUT2D eigenvalue weighted by atomic mass is 10.0. The molecule has 1 aliphatic heterocycles. The van der Waals surface area contributed by atoms with Crippen molar-refractivity contribution in [1.82, 2.24) is 5.32 Å². The Bertz CT molecular complexity index is 956. The molecule has 5 nitrogen and oxygen atoms in total. The summed E-state index contributed by atoms with van der Waals surface area (Å²) >= 11 is 7.60. The molecule has 28 heavy (non-hydrogen) atoms. The fourth-order valence-corrected chi connectivity index (χ4v) is 3.88. The minimum absolute atomic E-state index is 0.235. The first-order valence-corrected chi connectivity index (χ1v) is 10.0. The number of benzene rings is 2. The smallest absolute Gasteiger partial charge is 0.252 e. The van der Waals surface area contributed by atoms with Gasteiger partial charge in [0, 0.05) is 10.6 Å². The van der Waals surface area contributed by atoms with Gasteiger partial charge in [0.2, 0.25) is 5.75 Å². The van der Waals surface area contributed by atoms with Crippen molar-refractivity contribution < 1.29 is 19.0 Å². The quantitative estimate of drug-likeness (QED) is 0.656. The average molecular weight is 416 g/mol. The molecule has 0 saturated carbocycles. The summed E-state index contributed by atoms with van der Waals surface area (Å²) < 4.78 is 16.6. The third kappa shape index (κ3) is 3.79. The van der Waals surface area contributed by atoms with E-state index in [1.807, 2.05) is 41.1 Å².